The summed E-state index contributed by atoms with van der Waals surface area (Å²) in [6.45, 7) is 0. The van der Waals surface area contributed by atoms with Crippen molar-refractivity contribution in [3.63, 3.8) is 0 Å². The van der Waals surface area contributed by atoms with Crippen LogP contribution in [0.2, 0.25) is 0 Å². The molecule has 2 aromatic carbocycles. The van der Waals surface area contributed by atoms with Crippen molar-refractivity contribution in [1.82, 2.24) is 19.4 Å². The summed E-state index contributed by atoms with van der Waals surface area (Å²) < 4.78 is 6.46. The molecule has 1 aliphatic carbocycles. The van der Waals surface area contributed by atoms with Crippen LogP contribution in [0.25, 0.3) is 0 Å². The van der Waals surface area contributed by atoms with E-state index < -0.39 is 29.3 Å². The average molecular weight is 529 g/mol. The lowest BCUT2D eigenvalue weighted by molar-refractivity contribution is -0.150. The van der Waals surface area contributed by atoms with Gasteiger partial charge in [-0.3, -0.25) is 9.36 Å². The Bertz CT molecular complexity index is 1570. The van der Waals surface area contributed by atoms with E-state index in [0.29, 0.717) is 22.6 Å². The minimum Gasteiger partial charge on any atom is -0.497 e. The van der Waals surface area contributed by atoms with Crippen molar-refractivity contribution in [3.8, 4) is 17.5 Å². The monoisotopic (exact) mass is 528 g/mol. The van der Waals surface area contributed by atoms with E-state index in [1.807, 2.05) is 12.1 Å². The van der Waals surface area contributed by atoms with Crippen LogP contribution in [-0.4, -0.2) is 53.7 Å². The van der Waals surface area contributed by atoms with Gasteiger partial charge in [0.25, 0.3) is 5.91 Å². The molecular formula is C29H28N4O6. The number of carboxylic acid groups (broad SMARTS) is 1. The summed E-state index contributed by atoms with van der Waals surface area (Å²) in [7, 11) is 2.99. The number of nitrogens with zero attached hydrogens (tertiary/aromatic N) is 3. The fourth-order valence-corrected chi connectivity index (χ4v) is 5.90. The van der Waals surface area contributed by atoms with E-state index in [4.69, 9.17) is 4.74 Å². The molecule has 200 valence electrons. The van der Waals surface area contributed by atoms with E-state index in [-0.39, 0.29) is 29.3 Å². The maximum atomic E-state index is 14.7. The first kappa shape index (κ1) is 24.6. The predicted molar refractivity (Wildman–Crippen MR) is 140 cm³/mol. The highest BCUT2D eigenvalue weighted by molar-refractivity contribution is 6.02. The molecule has 4 aromatic rings. The molecule has 10 nitrogen and oxygen atoms in total. The van der Waals surface area contributed by atoms with Crippen LogP contribution in [0, 0.1) is 0 Å². The summed E-state index contributed by atoms with van der Waals surface area (Å²) in [4.78, 5) is 36.5. The van der Waals surface area contributed by atoms with Crippen molar-refractivity contribution < 1.29 is 29.6 Å². The van der Waals surface area contributed by atoms with Gasteiger partial charge in [-0.05, 0) is 48.1 Å². The Morgan fingerprint density at radius 2 is 1.82 bits per heavy atom. The summed E-state index contributed by atoms with van der Waals surface area (Å²) in [6.07, 6.45) is 4.61. The van der Waals surface area contributed by atoms with Crippen LogP contribution in [0.15, 0.2) is 61.1 Å². The zero-order chi connectivity index (χ0) is 27.5. The summed E-state index contributed by atoms with van der Waals surface area (Å²) in [5.41, 5.74) is 0.354. The number of carbonyl (C=O) groups excluding carboxylic acids is 1. The van der Waals surface area contributed by atoms with Crippen molar-refractivity contribution in [2.24, 2.45) is 7.05 Å². The highest BCUT2D eigenvalue weighted by Crippen LogP contribution is 2.58. The molecule has 3 heterocycles. The maximum Gasteiger partial charge on any atom is 0.335 e. The van der Waals surface area contributed by atoms with Gasteiger partial charge < -0.3 is 29.9 Å². The number of fused-ring (bicyclic) bond motifs is 1. The van der Waals surface area contributed by atoms with Gasteiger partial charge in [0, 0.05) is 30.9 Å². The zero-order valence-corrected chi connectivity index (χ0v) is 21.5. The van der Waals surface area contributed by atoms with Gasteiger partial charge in [-0.2, -0.15) is 0 Å². The van der Waals surface area contributed by atoms with Crippen molar-refractivity contribution in [3.05, 3.63) is 94.6 Å². The largest absolute Gasteiger partial charge is 0.497 e. The molecule has 0 spiro atoms. The number of hydrogen-bond donors (Lipinski definition) is 4. The number of imidazole rings is 1. The van der Waals surface area contributed by atoms with Crippen LogP contribution in [0.1, 0.15) is 63.1 Å². The number of benzene rings is 2. The first-order chi connectivity index (χ1) is 18.8. The average Bonchev–Trinajstić information content (AvgIpc) is 3.52. The summed E-state index contributed by atoms with van der Waals surface area (Å²) in [5, 5.41) is 33.5. The number of hydrogen-bond acceptors (Lipinski definition) is 6. The molecular weight excluding hydrogens is 500 g/mol. The van der Waals surface area contributed by atoms with Gasteiger partial charge in [0.2, 0.25) is 0 Å². The van der Waals surface area contributed by atoms with Gasteiger partial charge in [-0.25, -0.2) is 9.78 Å². The second-order valence-electron chi connectivity index (χ2n) is 10.1. The quantitative estimate of drug-likeness (QED) is 0.286. The third-order valence-corrected chi connectivity index (χ3v) is 7.94. The van der Waals surface area contributed by atoms with Crippen molar-refractivity contribution >= 4 is 11.9 Å². The molecule has 39 heavy (non-hydrogen) atoms. The Labute approximate surface area is 224 Å². The fourth-order valence-electron chi connectivity index (χ4n) is 5.90. The van der Waals surface area contributed by atoms with Gasteiger partial charge in [0.15, 0.2) is 17.3 Å². The molecule has 1 saturated carbocycles. The fraction of sp³-hybridized carbons (Fsp3) is 0.276. The summed E-state index contributed by atoms with van der Waals surface area (Å²) in [5.74, 6) is -1.77. The number of methoxy groups -OCH3 is 1. The summed E-state index contributed by atoms with van der Waals surface area (Å²) >= 11 is 0. The first-order valence-corrected chi connectivity index (χ1v) is 12.7. The van der Waals surface area contributed by atoms with Crippen LogP contribution < -0.4 is 4.74 Å². The third kappa shape index (κ3) is 3.58. The van der Waals surface area contributed by atoms with Crippen molar-refractivity contribution in [1.29, 1.82) is 0 Å². The molecule has 1 amide bonds. The van der Waals surface area contributed by atoms with Gasteiger partial charge in [-0.1, -0.05) is 30.3 Å². The first-order valence-electron chi connectivity index (χ1n) is 12.7. The number of aromatic nitrogens is 3. The summed E-state index contributed by atoms with van der Waals surface area (Å²) in [6, 6.07) is 13.1. The molecule has 0 saturated heterocycles. The molecule has 0 radical (unpaired) electrons. The van der Waals surface area contributed by atoms with Crippen molar-refractivity contribution in [2.75, 3.05) is 7.11 Å². The zero-order valence-electron chi connectivity index (χ0n) is 21.5. The molecule has 2 aliphatic rings. The number of aromatic hydroxyl groups is 2. The maximum absolute atomic E-state index is 14.7. The van der Waals surface area contributed by atoms with E-state index in [0.717, 1.165) is 23.0 Å². The minimum absolute atomic E-state index is 0.0253. The molecule has 4 N–H and O–H groups in total. The molecule has 6 rings (SSSR count). The Hall–Kier alpha value is -4.73. The highest BCUT2D eigenvalue weighted by atomic mass is 16.5. The minimum atomic E-state index is -2.07. The lowest BCUT2D eigenvalue weighted by Gasteiger charge is -2.39. The molecule has 2 unspecified atom stereocenters. The second-order valence-corrected chi connectivity index (χ2v) is 10.1. The van der Waals surface area contributed by atoms with Crippen LogP contribution in [0.5, 0.6) is 17.5 Å². The van der Waals surface area contributed by atoms with Crippen LogP contribution in [0.3, 0.4) is 0 Å². The number of rotatable bonds is 7. The normalized spacial score (nSPS) is 20.2. The topological polar surface area (TPSA) is 141 Å². The molecule has 1 aliphatic heterocycles. The lowest BCUT2D eigenvalue weighted by atomic mass is 9.85. The molecule has 0 bridgehead atoms. The van der Waals surface area contributed by atoms with E-state index in [1.54, 1.807) is 36.4 Å². The number of aliphatic carboxylic acids is 1. The van der Waals surface area contributed by atoms with E-state index in [1.165, 1.54) is 31.6 Å². The Kier molecular flexibility index (Phi) is 5.64. The number of carboxylic acids is 1. The lowest BCUT2D eigenvalue weighted by Crippen LogP contribution is -2.53. The van der Waals surface area contributed by atoms with Gasteiger partial charge in [0.1, 0.15) is 5.75 Å². The molecule has 10 heteroatoms. The molecule has 2 atom stereocenters. The molecule has 2 aromatic heterocycles. The predicted octanol–water partition coefficient (Wildman–Crippen LogP) is 3.81. The van der Waals surface area contributed by atoms with Crippen LogP contribution in [-0.2, 0) is 23.8 Å². The van der Waals surface area contributed by atoms with Crippen LogP contribution in [0.4, 0.5) is 0 Å². The Morgan fingerprint density at radius 1 is 1.10 bits per heavy atom. The van der Waals surface area contributed by atoms with E-state index >= 15 is 0 Å². The smallest absolute Gasteiger partial charge is 0.335 e. The Morgan fingerprint density at radius 3 is 2.44 bits per heavy atom. The highest BCUT2D eigenvalue weighted by Gasteiger charge is 2.62. The van der Waals surface area contributed by atoms with Gasteiger partial charge in [0.05, 0.1) is 30.6 Å². The molecule has 1 fully saturated rings. The van der Waals surface area contributed by atoms with E-state index in [2.05, 4.69) is 9.97 Å². The third-order valence-electron chi connectivity index (χ3n) is 7.94. The number of ether oxygens (including phenoxy) is 1. The van der Waals surface area contributed by atoms with Crippen LogP contribution >= 0.6 is 0 Å². The second kappa shape index (κ2) is 8.93. The van der Waals surface area contributed by atoms with Gasteiger partial charge in [-0.15, -0.1) is 0 Å². The standard InChI is InChI=1S/C29H28N4O6/c1-32-26(35)22-23(27(32)36)29(28(37)38,13-18-14-30-15-31-18)33(24(22)17-9-11-19(39-2)12-10-17)25(34)21-6-4-3-5-20(21)16-7-8-16/h3-6,9-12,14-16,24,35-36H,7-8,13H2,1-2H3,(H,30,31)(H,37,38). The Balaban J connectivity index is 1.66. The SMILES string of the molecule is COc1ccc(C2c3c(c(O)n(C)c3O)C(Cc3cnc[nH]3)(C(=O)O)N2C(=O)c2ccccc2C2CC2)cc1. The number of nitrogens with one attached hydrogen (secondary N) is 1. The van der Waals surface area contributed by atoms with Crippen molar-refractivity contribution in [2.45, 2.75) is 36.8 Å². The number of H-pyrrole nitrogens is 1. The van der Waals surface area contributed by atoms with Gasteiger partial charge >= 0.3 is 5.97 Å². The number of aromatic amines is 1. The number of amides is 1. The van der Waals surface area contributed by atoms with E-state index in [9.17, 15) is 24.9 Å². The number of carbonyl (C=O) groups is 2.